The first-order valence-electron chi connectivity index (χ1n) is 4.87. The van der Waals surface area contributed by atoms with Gasteiger partial charge >= 0.3 is 0 Å². The molecule has 2 rings (SSSR count). The van der Waals surface area contributed by atoms with E-state index in [9.17, 15) is 8.42 Å². The van der Waals surface area contributed by atoms with Crippen molar-refractivity contribution in [2.75, 3.05) is 13.1 Å². The van der Waals surface area contributed by atoms with Gasteiger partial charge in [0.15, 0.2) is 0 Å². The number of sulfonamides is 1. The zero-order valence-electron chi connectivity index (χ0n) is 7.95. The van der Waals surface area contributed by atoms with Crippen molar-refractivity contribution in [1.82, 2.24) is 4.90 Å². The van der Waals surface area contributed by atoms with Crippen LogP contribution in [0.2, 0.25) is 0 Å². The largest absolute Gasteiger partial charge is 0.286 e. The van der Waals surface area contributed by atoms with E-state index in [-0.39, 0.29) is 8.80 Å². The van der Waals surface area contributed by atoms with Crippen LogP contribution in [0.15, 0.2) is 0 Å². The molecule has 0 spiro atoms. The second kappa shape index (κ2) is 3.57. The highest BCUT2D eigenvalue weighted by atomic mass is 127. The summed E-state index contributed by atoms with van der Waals surface area (Å²) in [4.78, 5) is 2.26. The normalized spacial score (nSPS) is 29.0. The maximum atomic E-state index is 11.0. The Morgan fingerprint density at radius 2 is 1.79 bits per heavy atom. The molecule has 1 saturated heterocycles. The summed E-state index contributed by atoms with van der Waals surface area (Å²) in [5, 5.41) is 4.76. The van der Waals surface area contributed by atoms with Gasteiger partial charge in [0.2, 0.25) is 10.0 Å². The van der Waals surface area contributed by atoms with Gasteiger partial charge < -0.3 is 0 Å². The van der Waals surface area contributed by atoms with Crippen molar-refractivity contribution >= 4 is 32.6 Å². The Morgan fingerprint density at radius 1 is 1.29 bits per heavy atom. The Kier molecular flexibility index (Phi) is 2.83. The van der Waals surface area contributed by atoms with E-state index >= 15 is 0 Å². The molecule has 0 aromatic heterocycles. The summed E-state index contributed by atoms with van der Waals surface area (Å²) in [6, 6.07) is 0. The van der Waals surface area contributed by atoms with Crippen molar-refractivity contribution < 1.29 is 8.42 Å². The first kappa shape index (κ1) is 11.1. The summed E-state index contributed by atoms with van der Waals surface area (Å²) in [5.74, 6) is 0. The highest BCUT2D eigenvalue weighted by Gasteiger charge is 2.46. The number of alkyl halides is 1. The van der Waals surface area contributed by atoms with E-state index in [1.165, 1.54) is 25.7 Å². The molecule has 6 heteroatoms. The third-order valence-electron chi connectivity index (χ3n) is 3.25. The number of nitrogens with zero attached hydrogens (tertiary/aromatic N) is 1. The van der Waals surface area contributed by atoms with Crippen molar-refractivity contribution in [2.24, 2.45) is 5.14 Å². The molecule has 1 heterocycles. The number of likely N-dealkylation sites (tertiary alicyclic amines) is 1. The monoisotopic (exact) mass is 330 g/mol. The zero-order chi connectivity index (χ0) is 10.4. The predicted molar refractivity (Wildman–Crippen MR) is 63.7 cm³/mol. The molecule has 14 heavy (non-hydrogen) atoms. The Bertz CT molecular complexity index is 318. The zero-order valence-corrected chi connectivity index (χ0v) is 10.9. The standard InChI is InChI=1S/C8H15IN2O2S/c9-8(3-1-2-4-8)11-5-7(6-11)14(10,12)13/h7H,1-6H2,(H2,10,12,13). The molecule has 0 atom stereocenters. The molecule has 2 aliphatic rings. The predicted octanol–water partition coefficient (Wildman–Crippen LogP) is 0.664. The molecule has 0 aromatic rings. The lowest BCUT2D eigenvalue weighted by Crippen LogP contribution is -2.62. The number of hydrogen-bond donors (Lipinski definition) is 1. The number of rotatable bonds is 2. The van der Waals surface area contributed by atoms with E-state index in [2.05, 4.69) is 27.5 Å². The van der Waals surface area contributed by atoms with Gasteiger partial charge in [0.25, 0.3) is 0 Å². The van der Waals surface area contributed by atoms with Gasteiger partial charge in [-0.05, 0) is 12.8 Å². The topological polar surface area (TPSA) is 63.4 Å². The van der Waals surface area contributed by atoms with E-state index in [1.54, 1.807) is 0 Å². The number of nitrogens with two attached hydrogens (primary N) is 1. The lowest BCUT2D eigenvalue weighted by Gasteiger charge is -2.47. The molecule has 2 fully saturated rings. The van der Waals surface area contributed by atoms with E-state index in [1.807, 2.05) is 0 Å². The summed E-state index contributed by atoms with van der Waals surface area (Å²) in [6.45, 7) is 1.25. The first-order chi connectivity index (χ1) is 6.42. The molecule has 1 saturated carbocycles. The smallest absolute Gasteiger partial charge is 0.214 e. The first-order valence-corrected chi connectivity index (χ1v) is 7.56. The highest BCUT2D eigenvalue weighted by molar-refractivity contribution is 14.1. The Balaban J connectivity index is 1.94. The van der Waals surface area contributed by atoms with Crippen molar-refractivity contribution in [3.8, 4) is 0 Å². The summed E-state index contributed by atoms with van der Waals surface area (Å²) in [7, 11) is -3.30. The molecular formula is C8H15IN2O2S. The van der Waals surface area contributed by atoms with Crippen LogP contribution in [0.4, 0.5) is 0 Å². The van der Waals surface area contributed by atoms with Crippen LogP contribution < -0.4 is 5.14 Å². The molecule has 0 aromatic carbocycles. The highest BCUT2D eigenvalue weighted by Crippen LogP contribution is 2.43. The molecule has 2 N–H and O–H groups in total. The molecular weight excluding hydrogens is 315 g/mol. The van der Waals surface area contributed by atoms with Gasteiger partial charge in [-0.3, -0.25) is 4.90 Å². The van der Waals surface area contributed by atoms with Gasteiger partial charge in [0.05, 0.1) is 3.55 Å². The van der Waals surface area contributed by atoms with E-state index in [0.29, 0.717) is 13.1 Å². The van der Waals surface area contributed by atoms with Crippen LogP contribution in [-0.4, -0.2) is 35.2 Å². The number of primary sulfonamides is 1. The second-order valence-electron chi connectivity index (χ2n) is 4.24. The van der Waals surface area contributed by atoms with Gasteiger partial charge in [-0.25, -0.2) is 13.6 Å². The SMILES string of the molecule is NS(=O)(=O)C1CN(C2(I)CCCC2)C1. The summed E-state index contributed by atoms with van der Waals surface area (Å²) in [6.07, 6.45) is 4.90. The Hall–Kier alpha value is 0.600. The van der Waals surface area contributed by atoms with Crippen LogP contribution in [0.1, 0.15) is 25.7 Å². The minimum Gasteiger partial charge on any atom is -0.286 e. The minimum absolute atomic E-state index is 0.221. The Morgan fingerprint density at radius 3 is 2.21 bits per heavy atom. The van der Waals surface area contributed by atoms with Crippen molar-refractivity contribution in [3.05, 3.63) is 0 Å². The number of halogens is 1. The van der Waals surface area contributed by atoms with E-state index < -0.39 is 10.0 Å². The van der Waals surface area contributed by atoms with E-state index in [4.69, 9.17) is 5.14 Å². The van der Waals surface area contributed by atoms with Crippen LogP contribution in [0.5, 0.6) is 0 Å². The molecule has 82 valence electrons. The summed E-state index contributed by atoms with van der Waals surface area (Å²) < 4.78 is 22.3. The molecule has 4 nitrogen and oxygen atoms in total. The molecule has 1 aliphatic heterocycles. The van der Waals surface area contributed by atoms with Gasteiger partial charge in [-0.2, -0.15) is 0 Å². The van der Waals surface area contributed by atoms with Crippen molar-refractivity contribution in [2.45, 2.75) is 34.5 Å². The lowest BCUT2D eigenvalue weighted by atomic mass is 10.1. The van der Waals surface area contributed by atoms with Crippen LogP contribution in [-0.2, 0) is 10.0 Å². The molecule has 0 bridgehead atoms. The molecule has 0 unspecified atom stereocenters. The fraction of sp³-hybridized carbons (Fsp3) is 1.00. The van der Waals surface area contributed by atoms with Gasteiger partial charge in [-0.1, -0.05) is 35.4 Å². The maximum Gasteiger partial charge on any atom is 0.214 e. The van der Waals surface area contributed by atoms with Crippen molar-refractivity contribution in [3.63, 3.8) is 0 Å². The van der Waals surface area contributed by atoms with Gasteiger partial charge in [0, 0.05) is 13.1 Å². The van der Waals surface area contributed by atoms with E-state index in [0.717, 1.165) is 0 Å². The fourth-order valence-corrected chi connectivity index (χ4v) is 4.14. The minimum atomic E-state index is -3.30. The third kappa shape index (κ3) is 1.94. The van der Waals surface area contributed by atoms with Crippen molar-refractivity contribution in [1.29, 1.82) is 0 Å². The van der Waals surface area contributed by atoms with Crippen LogP contribution in [0.3, 0.4) is 0 Å². The molecule has 1 aliphatic carbocycles. The Labute approximate surface area is 98.4 Å². The van der Waals surface area contributed by atoms with Crippen LogP contribution in [0.25, 0.3) is 0 Å². The maximum absolute atomic E-state index is 11.0. The molecule has 0 radical (unpaired) electrons. The van der Waals surface area contributed by atoms with Gasteiger partial charge in [-0.15, -0.1) is 0 Å². The summed E-state index contributed by atoms with van der Waals surface area (Å²) >= 11 is 2.47. The van der Waals surface area contributed by atoms with Crippen LogP contribution in [0, 0.1) is 0 Å². The quantitative estimate of drug-likeness (QED) is 0.460. The average Bonchev–Trinajstić information content (AvgIpc) is 2.28. The lowest BCUT2D eigenvalue weighted by molar-refractivity contribution is 0.113. The van der Waals surface area contributed by atoms with Crippen LogP contribution >= 0.6 is 22.6 Å². The average molecular weight is 330 g/mol. The second-order valence-corrected chi connectivity index (χ2v) is 8.09. The summed E-state index contributed by atoms with van der Waals surface area (Å²) in [5.41, 5.74) is 0. The number of hydrogen-bond acceptors (Lipinski definition) is 3. The van der Waals surface area contributed by atoms with Gasteiger partial charge in [0.1, 0.15) is 5.25 Å². The fourth-order valence-electron chi connectivity index (χ4n) is 2.21. The third-order valence-corrected chi connectivity index (χ3v) is 6.24. The molecule has 0 amide bonds.